The summed E-state index contributed by atoms with van der Waals surface area (Å²) in [7, 11) is 0. The van der Waals surface area contributed by atoms with Crippen LogP contribution in [0.3, 0.4) is 0 Å². The van der Waals surface area contributed by atoms with Crippen LogP contribution in [0.4, 0.5) is 0 Å². The molecule has 0 aromatic rings. The van der Waals surface area contributed by atoms with E-state index in [2.05, 4.69) is 16.0 Å². The molecule has 35 heavy (non-hydrogen) atoms. The molecule has 4 atom stereocenters. The molecule has 4 unspecified atom stereocenters. The van der Waals surface area contributed by atoms with Crippen molar-refractivity contribution in [2.45, 2.75) is 76.5 Å². The number of rotatable bonds is 17. The van der Waals surface area contributed by atoms with E-state index in [0.717, 1.165) is 0 Å². The highest BCUT2D eigenvalue weighted by atomic mass is 16.4. The normalized spacial score (nSPS) is 14.2. The van der Waals surface area contributed by atoms with Gasteiger partial charge in [0.15, 0.2) is 0 Å². The number of hydrogen-bond acceptors (Lipinski definition) is 8. The summed E-state index contributed by atoms with van der Waals surface area (Å²) >= 11 is 0. The van der Waals surface area contributed by atoms with Crippen LogP contribution in [0.1, 0.15) is 52.4 Å². The average molecular weight is 504 g/mol. The number of primary amides is 1. The van der Waals surface area contributed by atoms with E-state index in [4.69, 9.17) is 21.7 Å². The lowest BCUT2D eigenvalue weighted by Gasteiger charge is -2.25. The number of hydrogen-bond donors (Lipinski definition) is 8. The van der Waals surface area contributed by atoms with Crippen molar-refractivity contribution < 1.29 is 48.9 Å². The van der Waals surface area contributed by atoms with Crippen LogP contribution >= 0.6 is 0 Å². The van der Waals surface area contributed by atoms with E-state index >= 15 is 0 Å². The Hall–Kier alpha value is -3.75. The maximum atomic E-state index is 12.8. The fourth-order valence-corrected chi connectivity index (χ4v) is 2.89. The predicted molar refractivity (Wildman–Crippen MR) is 118 cm³/mol. The second-order valence-electron chi connectivity index (χ2n) is 8.29. The highest BCUT2D eigenvalue weighted by molar-refractivity contribution is 5.95. The second kappa shape index (κ2) is 15.2. The van der Waals surface area contributed by atoms with Crippen LogP contribution in [-0.4, -0.2) is 81.0 Å². The molecule has 0 aromatic heterocycles. The zero-order valence-corrected chi connectivity index (χ0v) is 19.5. The quantitative estimate of drug-likeness (QED) is 0.103. The number of carboxylic acids is 3. The van der Waals surface area contributed by atoms with E-state index in [1.165, 1.54) is 0 Å². The largest absolute Gasteiger partial charge is 0.481 e. The minimum absolute atomic E-state index is 0.0689. The van der Waals surface area contributed by atoms with Crippen LogP contribution in [0.5, 0.6) is 0 Å². The van der Waals surface area contributed by atoms with Crippen molar-refractivity contribution >= 4 is 41.5 Å². The van der Waals surface area contributed by atoms with Gasteiger partial charge in [0.1, 0.15) is 18.1 Å². The molecule has 0 aliphatic heterocycles. The van der Waals surface area contributed by atoms with E-state index in [1.54, 1.807) is 13.8 Å². The monoisotopic (exact) mass is 503 g/mol. The first kappa shape index (κ1) is 31.2. The number of aliphatic carboxylic acids is 3. The van der Waals surface area contributed by atoms with Crippen LogP contribution in [0, 0.1) is 5.92 Å². The molecule has 0 fully saturated rings. The van der Waals surface area contributed by atoms with Gasteiger partial charge in [-0.25, -0.2) is 4.79 Å². The minimum Gasteiger partial charge on any atom is -0.481 e. The van der Waals surface area contributed by atoms with Crippen LogP contribution < -0.4 is 27.4 Å². The first-order chi connectivity index (χ1) is 16.1. The van der Waals surface area contributed by atoms with Gasteiger partial charge in [-0.05, 0) is 25.2 Å². The van der Waals surface area contributed by atoms with Crippen LogP contribution in [0.2, 0.25) is 0 Å². The third-order valence-electron chi connectivity index (χ3n) is 4.65. The van der Waals surface area contributed by atoms with Gasteiger partial charge in [0.05, 0.1) is 12.5 Å². The maximum Gasteiger partial charge on any atom is 0.326 e. The molecule has 0 saturated heterocycles. The molecule has 0 heterocycles. The van der Waals surface area contributed by atoms with Gasteiger partial charge in [0, 0.05) is 12.8 Å². The Balaban J connectivity index is 5.65. The summed E-state index contributed by atoms with van der Waals surface area (Å²) in [4.78, 5) is 82.1. The number of carbonyl (C=O) groups excluding carboxylic acids is 4. The summed E-state index contributed by atoms with van der Waals surface area (Å²) in [5.41, 5.74) is 10.6. The van der Waals surface area contributed by atoms with E-state index in [1.807, 2.05) is 0 Å². The molecule has 0 bridgehead atoms. The molecule has 0 radical (unpaired) electrons. The molecular formula is C20H33N5O10. The summed E-state index contributed by atoms with van der Waals surface area (Å²) in [6.07, 6.45) is -2.33. The molecular weight excluding hydrogens is 470 g/mol. The van der Waals surface area contributed by atoms with Gasteiger partial charge in [-0.2, -0.15) is 0 Å². The Labute approximate surface area is 201 Å². The molecule has 0 aromatic carbocycles. The first-order valence-corrected chi connectivity index (χ1v) is 10.7. The molecule has 15 heteroatoms. The third-order valence-corrected chi connectivity index (χ3v) is 4.65. The summed E-state index contributed by atoms with van der Waals surface area (Å²) in [5, 5.41) is 33.8. The third kappa shape index (κ3) is 13.5. The van der Waals surface area contributed by atoms with E-state index < -0.39 is 85.0 Å². The van der Waals surface area contributed by atoms with Gasteiger partial charge in [-0.1, -0.05) is 13.8 Å². The van der Waals surface area contributed by atoms with Gasteiger partial charge in [-0.15, -0.1) is 0 Å². The molecule has 15 nitrogen and oxygen atoms in total. The molecule has 0 saturated carbocycles. The van der Waals surface area contributed by atoms with Gasteiger partial charge < -0.3 is 42.7 Å². The SMILES string of the molecule is CC(C)CC(NC(=O)C(CCC(=O)O)NC(=O)C(CCC(N)=O)NC(=O)C(N)CC(=O)O)C(=O)O. The van der Waals surface area contributed by atoms with E-state index in [0.29, 0.717) is 0 Å². The second-order valence-corrected chi connectivity index (χ2v) is 8.29. The lowest BCUT2D eigenvalue weighted by Crippen LogP contribution is -2.57. The average Bonchev–Trinajstić information content (AvgIpc) is 2.71. The molecule has 198 valence electrons. The van der Waals surface area contributed by atoms with Crippen LogP contribution in [0.25, 0.3) is 0 Å². The van der Waals surface area contributed by atoms with E-state index in [-0.39, 0.29) is 25.2 Å². The summed E-state index contributed by atoms with van der Waals surface area (Å²) in [6, 6.07) is -5.78. The highest BCUT2D eigenvalue weighted by Crippen LogP contribution is 2.08. The Bertz CT molecular complexity index is 816. The number of carboxylic acid groups (broad SMARTS) is 3. The lowest BCUT2D eigenvalue weighted by atomic mass is 10.0. The molecule has 0 aliphatic carbocycles. The number of nitrogens with two attached hydrogens (primary N) is 2. The van der Waals surface area contributed by atoms with Crippen molar-refractivity contribution in [1.29, 1.82) is 0 Å². The smallest absolute Gasteiger partial charge is 0.326 e. The Morgan fingerprint density at radius 2 is 1.17 bits per heavy atom. The van der Waals surface area contributed by atoms with Crippen LogP contribution in [-0.2, 0) is 33.6 Å². The molecule has 4 amide bonds. The zero-order valence-electron chi connectivity index (χ0n) is 19.5. The van der Waals surface area contributed by atoms with Crippen molar-refractivity contribution in [1.82, 2.24) is 16.0 Å². The Morgan fingerprint density at radius 3 is 1.57 bits per heavy atom. The van der Waals surface area contributed by atoms with Gasteiger partial charge in [0.2, 0.25) is 23.6 Å². The Kier molecular flexibility index (Phi) is 13.6. The maximum absolute atomic E-state index is 12.8. The van der Waals surface area contributed by atoms with Gasteiger partial charge in [-0.3, -0.25) is 28.8 Å². The molecule has 0 aliphatic rings. The first-order valence-electron chi connectivity index (χ1n) is 10.7. The minimum atomic E-state index is -1.52. The summed E-state index contributed by atoms with van der Waals surface area (Å²) in [5.74, 6) is -7.89. The van der Waals surface area contributed by atoms with E-state index in [9.17, 15) is 38.7 Å². The number of nitrogens with one attached hydrogen (secondary N) is 3. The summed E-state index contributed by atoms with van der Waals surface area (Å²) < 4.78 is 0. The van der Waals surface area contributed by atoms with Crippen molar-refractivity contribution in [2.24, 2.45) is 17.4 Å². The van der Waals surface area contributed by atoms with Gasteiger partial charge >= 0.3 is 17.9 Å². The van der Waals surface area contributed by atoms with Gasteiger partial charge in [0.25, 0.3) is 0 Å². The highest BCUT2D eigenvalue weighted by Gasteiger charge is 2.31. The Morgan fingerprint density at radius 1 is 0.714 bits per heavy atom. The predicted octanol–water partition coefficient (Wildman–Crippen LogP) is -2.50. The number of amides is 4. The molecule has 0 spiro atoms. The van der Waals surface area contributed by atoms with Crippen molar-refractivity contribution in [3.05, 3.63) is 0 Å². The summed E-state index contributed by atoms with van der Waals surface area (Å²) in [6.45, 7) is 3.46. The number of carbonyl (C=O) groups is 7. The topological polar surface area (TPSA) is 268 Å². The van der Waals surface area contributed by atoms with Crippen molar-refractivity contribution in [3.63, 3.8) is 0 Å². The van der Waals surface area contributed by atoms with Crippen LogP contribution in [0.15, 0.2) is 0 Å². The fourth-order valence-electron chi connectivity index (χ4n) is 2.89. The van der Waals surface area contributed by atoms with Crippen molar-refractivity contribution in [2.75, 3.05) is 0 Å². The zero-order chi connectivity index (χ0) is 27.3. The molecule has 0 rings (SSSR count). The fraction of sp³-hybridized carbons (Fsp3) is 0.650. The molecule has 10 N–H and O–H groups in total. The standard InChI is InChI=1S/C20H33N5O10/c1-9(2)7-13(20(34)35)25-19(33)12(4-6-15(27)28)24-18(32)11(3-5-14(22)26)23-17(31)10(21)8-16(29)30/h9-13H,3-8,21H2,1-2H3,(H2,22,26)(H,23,31)(H,24,32)(H,25,33)(H,27,28)(H,29,30)(H,34,35). The lowest BCUT2D eigenvalue weighted by molar-refractivity contribution is -0.143. The van der Waals surface area contributed by atoms with Crippen molar-refractivity contribution in [3.8, 4) is 0 Å².